The van der Waals surface area contributed by atoms with Gasteiger partial charge in [0, 0.05) is 23.4 Å². The largest absolute Gasteiger partial charge is 0.496 e. The molecule has 6 heteroatoms. The van der Waals surface area contributed by atoms with E-state index in [4.69, 9.17) is 4.74 Å². The van der Waals surface area contributed by atoms with Crippen LogP contribution in [0.3, 0.4) is 0 Å². The van der Waals surface area contributed by atoms with Crippen LogP contribution < -0.4 is 4.74 Å². The van der Waals surface area contributed by atoms with Gasteiger partial charge in [0.2, 0.25) is 0 Å². The fraction of sp³-hybridized carbons (Fsp3) is 0.429. The van der Waals surface area contributed by atoms with Gasteiger partial charge in [-0.25, -0.2) is 0 Å². The molecule has 0 radical (unpaired) electrons. The van der Waals surface area contributed by atoms with Crippen LogP contribution in [0.1, 0.15) is 22.8 Å². The second-order valence-corrected chi connectivity index (χ2v) is 6.22. The molecule has 0 saturated carbocycles. The Balaban J connectivity index is 2.12. The molecule has 0 spiro atoms. The zero-order valence-corrected chi connectivity index (χ0v) is 13.0. The quantitative estimate of drug-likeness (QED) is 0.844. The summed E-state index contributed by atoms with van der Waals surface area (Å²) in [5.74, 6) is 3.20. The lowest BCUT2D eigenvalue weighted by atomic mass is 10.1. The maximum absolute atomic E-state index is 12.3. The zero-order chi connectivity index (χ0) is 14.7. The number of methoxy groups -OCH3 is 1. The van der Waals surface area contributed by atoms with E-state index in [2.05, 4.69) is 10.2 Å². The van der Waals surface area contributed by atoms with Crippen molar-refractivity contribution in [2.24, 2.45) is 7.05 Å². The van der Waals surface area contributed by atoms with Crippen LogP contribution in [0.4, 0.5) is 0 Å². The molecule has 0 unspecified atom stereocenters. The van der Waals surface area contributed by atoms with Gasteiger partial charge in [0.1, 0.15) is 17.4 Å². The van der Waals surface area contributed by atoms with Gasteiger partial charge in [-0.05, 0) is 19.9 Å². The first-order valence-corrected chi connectivity index (χ1v) is 7.83. The molecule has 1 aromatic carbocycles. The number of aromatic nitrogens is 3. The lowest BCUT2D eigenvalue weighted by molar-refractivity contribution is 0.411. The van der Waals surface area contributed by atoms with Crippen molar-refractivity contribution >= 4 is 10.8 Å². The van der Waals surface area contributed by atoms with E-state index in [1.54, 1.807) is 7.11 Å². The predicted molar refractivity (Wildman–Crippen MR) is 79.0 cm³/mol. The van der Waals surface area contributed by atoms with Crippen molar-refractivity contribution in [3.8, 4) is 5.75 Å². The summed E-state index contributed by atoms with van der Waals surface area (Å²) in [6.07, 6.45) is 0. The molecule has 0 aliphatic carbocycles. The highest BCUT2D eigenvalue weighted by atomic mass is 32.2. The average Bonchev–Trinajstić information content (AvgIpc) is 2.71. The predicted octanol–water partition coefficient (Wildman–Crippen LogP) is 1.89. The van der Waals surface area contributed by atoms with Gasteiger partial charge in [-0.2, -0.15) is 0 Å². The number of hydrogen-bond acceptors (Lipinski definition) is 4. The Hall–Kier alpha value is -1.69. The lowest BCUT2D eigenvalue weighted by Gasteiger charge is -2.09. The minimum atomic E-state index is -1.04. The van der Waals surface area contributed by atoms with Crippen LogP contribution in [0, 0.1) is 13.8 Å². The molecule has 0 saturated heterocycles. The Morgan fingerprint density at radius 3 is 2.60 bits per heavy atom. The molecule has 0 amide bonds. The molecular formula is C14H19N3O2S. The molecule has 0 bridgehead atoms. The summed E-state index contributed by atoms with van der Waals surface area (Å²) in [7, 11) is 2.47. The van der Waals surface area contributed by atoms with Crippen molar-refractivity contribution in [3.05, 3.63) is 41.0 Å². The monoisotopic (exact) mass is 293 g/mol. The summed E-state index contributed by atoms with van der Waals surface area (Å²) < 4.78 is 19.5. The van der Waals surface area contributed by atoms with Gasteiger partial charge < -0.3 is 9.30 Å². The van der Waals surface area contributed by atoms with Gasteiger partial charge in [-0.15, -0.1) is 10.2 Å². The Morgan fingerprint density at radius 2 is 2.00 bits per heavy atom. The van der Waals surface area contributed by atoms with Crippen molar-refractivity contribution in [2.45, 2.75) is 25.4 Å². The van der Waals surface area contributed by atoms with Crippen molar-refractivity contribution < 1.29 is 8.95 Å². The van der Waals surface area contributed by atoms with Crippen molar-refractivity contribution in [2.75, 3.05) is 7.11 Å². The molecule has 2 rings (SSSR count). The molecule has 2 aromatic rings. The zero-order valence-electron chi connectivity index (χ0n) is 12.2. The topological polar surface area (TPSA) is 57.0 Å². The smallest absolute Gasteiger partial charge is 0.145 e. The first kappa shape index (κ1) is 14.7. The van der Waals surface area contributed by atoms with E-state index in [0.717, 1.165) is 28.5 Å². The summed E-state index contributed by atoms with van der Waals surface area (Å²) in [6.45, 7) is 3.89. The number of nitrogens with zero attached hydrogens (tertiary/aromatic N) is 3. The fourth-order valence-electron chi connectivity index (χ4n) is 1.97. The number of hydrogen-bond donors (Lipinski definition) is 0. The molecule has 5 nitrogen and oxygen atoms in total. The van der Waals surface area contributed by atoms with E-state index in [1.807, 2.05) is 43.7 Å². The van der Waals surface area contributed by atoms with E-state index in [0.29, 0.717) is 11.5 Å². The standard InChI is InChI=1S/C14H19N3O2S/c1-10-5-6-13(19-4)12(7-10)8-20(18)9-14-16-15-11(2)17(14)3/h5-7H,8-9H2,1-4H3/t20-/m1/s1. The molecule has 0 aliphatic rings. The first-order chi connectivity index (χ1) is 9.51. The van der Waals surface area contributed by atoms with Crippen LogP contribution in [0.5, 0.6) is 5.75 Å². The van der Waals surface area contributed by atoms with E-state index >= 15 is 0 Å². The number of ether oxygens (including phenoxy) is 1. The summed E-state index contributed by atoms with van der Waals surface area (Å²) in [5.41, 5.74) is 2.09. The molecule has 0 N–H and O–H groups in total. The van der Waals surface area contributed by atoms with Gasteiger partial charge in [-0.1, -0.05) is 17.7 Å². The highest BCUT2D eigenvalue weighted by Gasteiger charge is 2.12. The van der Waals surface area contributed by atoms with Crippen LogP contribution in [-0.4, -0.2) is 26.1 Å². The highest BCUT2D eigenvalue weighted by Crippen LogP contribution is 2.21. The van der Waals surface area contributed by atoms with Crippen molar-refractivity contribution in [1.29, 1.82) is 0 Å². The average molecular weight is 293 g/mol. The molecule has 108 valence electrons. The summed E-state index contributed by atoms with van der Waals surface area (Å²) in [5, 5.41) is 8.02. The van der Waals surface area contributed by atoms with Crippen molar-refractivity contribution in [3.63, 3.8) is 0 Å². The second kappa shape index (κ2) is 6.17. The fourth-order valence-corrected chi connectivity index (χ4v) is 3.18. The van der Waals surface area contributed by atoms with E-state index in [1.165, 1.54) is 0 Å². The molecule has 1 aromatic heterocycles. The third-order valence-corrected chi connectivity index (χ3v) is 4.44. The van der Waals surface area contributed by atoms with Crippen LogP contribution in [0.25, 0.3) is 0 Å². The van der Waals surface area contributed by atoms with E-state index < -0.39 is 10.8 Å². The van der Waals surface area contributed by atoms with Crippen LogP contribution in [0.15, 0.2) is 18.2 Å². The highest BCUT2D eigenvalue weighted by molar-refractivity contribution is 7.83. The molecule has 1 heterocycles. The van der Waals surface area contributed by atoms with Gasteiger partial charge in [0.25, 0.3) is 0 Å². The number of rotatable bonds is 5. The number of aryl methyl sites for hydroxylation is 2. The lowest BCUT2D eigenvalue weighted by Crippen LogP contribution is -2.06. The van der Waals surface area contributed by atoms with Crippen LogP contribution in [0.2, 0.25) is 0 Å². The van der Waals surface area contributed by atoms with Gasteiger partial charge >= 0.3 is 0 Å². The van der Waals surface area contributed by atoms with Gasteiger partial charge in [0.15, 0.2) is 0 Å². The minimum absolute atomic E-state index is 0.397. The summed E-state index contributed by atoms with van der Waals surface area (Å²) >= 11 is 0. The summed E-state index contributed by atoms with van der Waals surface area (Å²) in [4.78, 5) is 0. The summed E-state index contributed by atoms with van der Waals surface area (Å²) in [6, 6.07) is 5.91. The molecule has 1 atom stereocenters. The molecule has 20 heavy (non-hydrogen) atoms. The second-order valence-electron chi connectivity index (χ2n) is 4.77. The number of benzene rings is 1. The van der Waals surface area contributed by atoms with Crippen LogP contribution in [-0.2, 0) is 29.4 Å². The first-order valence-electron chi connectivity index (χ1n) is 6.34. The molecular weight excluding hydrogens is 274 g/mol. The van der Waals surface area contributed by atoms with Gasteiger partial charge in [-0.3, -0.25) is 4.21 Å². The van der Waals surface area contributed by atoms with Crippen LogP contribution >= 0.6 is 0 Å². The Kier molecular flexibility index (Phi) is 4.54. The third-order valence-electron chi connectivity index (χ3n) is 3.23. The van der Waals surface area contributed by atoms with E-state index in [-0.39, 0.29) is 0 Å². The van der Waals surface area contributed by atoms with Crippen molar-refractivity contribution in [1.82, 2.24) is 14.8 Å². The van der Waals surface area contributed by atoms with E-state index in [9.17, 15) is 4.21 Å². The Bertz CT molecular complexity index is 637. The van der Waals surface area contributed by atoms with Gasteiger partial charge in [0.05, 0.1) is 18.6 Å². The maximum atomic E-state index is 12.3. The Morgan fingerprint density at radius 1 is 1.25 bits per heavy atom. The maximum Gasteiger partial charge on any atom is 0.145 e. The molecule has 0 fully saturated rings. The molecule has 0 aliphatic heterocycles. The third kappa shape index (κ3) is 3.25. The normalized spacial score (nSPS) is 12.4. The minimum Gasteiger partial charge on any atom is -0.496 e. The SMILES string of the molecule is COc1ccc(C)cc1C[S@@](=O)Cc1nnc(C)n1C. The Labute approximate surface area is 121 Å².